The SMILES string of the molecule is CCCC(=O)OCC(CO[14C](=O)CCC)OC(=O)CCC. The molecule has 0 aromatic rings. The van der Waals surface area contributed by atoms with Crippen molar-refractivity contribution in [3.63, 3.8) is 0 Å². The van der Waals surface area contributed by atoms with Crippen LogP contribution in [0.25, 0.3) is 0 Å². The third kappa shape index (κ3) is 10.8. The lowest BCUT2D eigenvalue weighted by atomic mass is 10.3. The minimum absolute atomic E-state index is 0.0896. The Morgan fingerprint density at radius 1 is 0.952 bits per heavy atom. The molecule has 0 aromatic heterocycles. The fourth-order valence-electron chi connectivity index (χ4n) is 1.49. The van der Waals surface area contributed by atoms with Crippen LogP contribution < -0.4 is 0 Å². The molecule has 1 unspecified atom stereocenters. The molecule has 0 aromatic carbocycles. The van der Waals surface area contributed by atoms with Gasteiger partial charge in [0.25, 0.3) is 0 Å². The van der Waals surface area contributed by atoms with Crippen LogP contribution in [0.5, 0.6) is 0 Å². The average molecular weight is 304 g/mol. The van der Waals surface area contributed by atoms with Crippen LogP contribution in [0.2, 0.25) is 0 Å². The molecule has 0 amide bonds. The van der Waals surface area contributed by atoms with Crippen molar-refractivity contribution in [3.05, 3.63) is 0 Å². The molecular formula is C15H26O6. The molecule has 0 radical (unpaired) electrons. The van der Waals surface area contributed by atoms with Crippen molar-refractivity contribution in [1.82, 2.24) is 0 Å². The van der Waals surface area contributed by atoms with E-state index in [9.17, 15) is 14.4 Å². The maximum Gasteiger partial charge on any atom is 0.306 e. The van der Waals surface area contributed by atoms with E-state index in [2.05, 4.69) is 0 Å². The van der Waals surface area contributed by atoms with Crippen molar-refractivity contribution in [2.75, 3.05) is 13.2 Å². The van der Waals surface area contributed by atoms with E-state index in [0.717, 1.165) is 0 Å². The Kier molecular flexibility index (Phi) is 11.3. The highest BCUT2D eigenvalue weighted by molar-refractivity contribution is 5.71. The Bertz CT molecular complexity index is 304. The predicted octanol–water partition coefficient (Wildman–Crippen LogP) is 2.38. The molecule has 1 atom stereocenters. The van der Waals surface area contributed by atoms with Gasteiger partial charge in [-0.1, -0.05) is 20.8 Å². The summed E-state index contributed by atoms with van der Waals surface area (Å²) >= 11 is 0. The van der Waals surface area contributed by atoms with Crippen molar-refractivity contribution >= 4 is 17.9 Å². The Labute approximate surface area is 126 Å². The van der Waals surface area contributed by atoms with Gasteiger partial charge >= 0.3 is 17.9 Å². The minimum Gasteiger partial charge on any atom is -0.462 e. The molecule has 0 fully saturated rings. The van der Waals surface area contributed by atoms with Crippen molar-refractivity contribution in [1.29, 1.82) is 0 Å². The number of hydrogen-bond donors (Lipinski definition) is 0. The Balaban J connectivity index is 4.29. The number of carbonyl (C=O) groups is 3. The summed E-state index contributed by atoms with van der Waals surface area (Å²) in [5.74, 6) is -1.09. The van der Waals surface area contributed by atoms with Crippen molar-refractivity contribution in [2.24, 2.45) is 0 Å². The van der Waals surface area contributed by atoms with E-state index in [1.165, 1.54) is 0 Å². The highest BCUT2D eigenvalue weighted by Crippen LogP contribution is 2.03. The van der Waals surface area contributed by atoms with Crippen LogP contribution >= 0.6 is 0 Å². The molecule has 0 N–H and O–H groups in total. The molecule has 0 aliphatic heterocycles. The Morgan fingerprint density at radius 2 is 1.57 bits per heavy atom. The van der Waals surface area contributed by atoms with Crippen molar-refractivity contribution in [2.45, 2.75) is 65.4 Å². The number of hydrogen-bond acceptors (Lipinski definition) is 6. The maximum absolute atomic E-state index is 11.5. The van der Waals surface area contributed by atoms with E-state index in [0.29, 0.717) is 32.1 Å². The molecule has 0 aliphatic rings. The van der Waals surface area contributed by atoms with Crippen molar-refractivity contribution < 1.29 is 28.6 Å². The van der Waals surface area contributed by atoms with Gasteiger partial charge in [-0.3, -0.25) is 14.4 Å². The van der Waals surface area contributed by atoms with E-state index in [1.54, 1.807) is 0 Å². The van der Waals surface area contributed by atoms with Crippen LogP contribution in [0.3, 0.4) is 0 Å². The minimum atomic E-state index is -0.745. The zero-order valence-corrected chi connectivity index (χ0v) is 13.2. The molecule has 21 heavy (non-hydrogen) atoms. The van der Waals surface area contributed by atoms with Crippen LogP contribution in [0.4, 0.5) is 0 Å². The van der Waals surface area contributed by atoms with Crippen LogP contribution in [0.15, 0.2) is 0 Å². The Hall–Kier alpha value is -1.59. The van der Waals surface area contributed by atoms with Crippen molar-refractivity contribution in [3.8, 4) is 0 Å². The van der Waals surface area contributed by atoms with Gasteiger partial charge in [0, 0.05) is 19.3 Å². The first kappa shape index (κ1) is 19.4. The van der Waals surface area contributed by atoms with Gasteiger partial charge in [-0.05, 0) is 19.3 Å². The van der Waals surface area contributed by atoms with Gasteiger partial charge in [0.2, 0.25) is 0 Å². The normalized spacial score (nSPS) is 11.6. The molecule has 122 valence electrons. The van der Waals surface area contributed by atoms with Crippen LogP contribution in [0.1, 0.15) is 59.3 Å². The lowest BCUT2D eigenvalue weighted by Crippen LogP contribution is -2.30. The van der Waals surface area contributed by atoms with Gasteiger partial charge < -0.3 is 14.2 Å². The summed E-state index contributed by atoms with van der Waals surface area (Å²) in [5.41, 5.74) is 0. The second-order valence-electron chi connectivity index (χ2n) is 4.73. The third-order valence-electron chi connectivity index (χ3n) is 2.52. The van der Waals surface area contributed by atoms with Gasteiger partial charge in [-0.2, -0.15) is 0 Å². The molecule has 0 saturated carbocycles. The lowest BCUT2D eigenvalue weighted by molar-refractivity contribution is -0.166. The molecule has 0 bridgehead atoms. The summed E-state index contributed by atoms with van der Waals surface area (Å²) < 4.78 is 15.2. The van der Waals surface area contributed by atoms with Gasteiger partial charge in [0.05, 0.1) is 0 Å². The summed E-state index contributed by atoms with van der Waals surface area (Å²) in [7, 11) is 0. The maximum atomic E-state index is 11.5. The zero-order valence-electron chi connectivity index (χ0n) is 13.2. The predicted molar refractivity (Wildman–Crippen MR) is 76.5 cm³/mol. The molecule has 0 saturated heterocycles. The van der Waals surface area contributed by atoms with Gasteiger partial charge in [-0.15, -0.1) is 0 Å². The molecular weight excluding hydrogens is 278 g/mol. The van der Waals surface area contributed by atoms with E-state index >= 15 is 0 Å². The second kappa shape index (κ2) is 12.2. The number of esters is 3. The Morgan fingerprint density at radius 3 is 2.14 bits per heavy atom. The average Bonchev–Trinajstić information content (AvgIpc) is 2.42. The van der Waals surface area contributed by atoms with Crippen LogP contribution in [0, 0.1) is 0 Å². The smallest absolute Gasteiger partial charge is 0.306 e. The highest BCUT2D eigenvalue weighted by atomic mass is 16.8. The summed E-state index contributed by atoms with van der Waals surface area (Å²) in [6.07, 6.45) is 2.19. The quantitative estimate of drug-likeness (QED) is 0.431. The number of carbonyl (C=O) groups excluding carboxylic acids is 3. The molecule has 0 aliphatic carbocycles. The molecule has 6 heteroatoms. The summed E-state index contributed by atoms with van der Waals surface area (Å²) in [5, 5.41) is 0. The van der Waals surface area contributed by atoms with Crippen LogP contribution in [-0.2, 0) is 28.6 Å². The first-order chi connectivity index (χ1) is 10.0. The molecule has 0 heterocycles. The van der Waals surface area contributed by atoms with E-state index in [4.69, 9.17) is 14.2 Å². The van der Waals surface area contributed by atoms with Gasteiger partial charge in [0.15, 0.2) is 6.10 Å². The van der Waals surface area contributed by atoms with E-state index in [1.807, 2.05) is 20.8 Å². The lowest BCUT2D eigenvalue weighted by Gasteiger charge is -2.18. The fraction of sp³-hybridized carbons (Fsp3) is 0.800. The fourth-order valence-corrected chi connectivity index (χ4v) is 1.49. The number of rotatable bonds is 11. The first-order valence-electron chi connectivity index (χ1n) is 7.54. The topological polar surface area (TPSA) is 78.9 Å². The standard InChI is InChI=1S/C15H26O6/c1-4-7-13(16)19-10-12(21-15(18)9-6-3)11-20-14(17)8-5-2/h12H,4-11H2,1-3H3/i13+2. The van der Waals surface area contributed by atoms with E-state index in [-0.39, 0.29) is 37.5 Å². The molecule has 0 rings (SSSR count). The summed E-state index contributed by atoms with van der Waals surface area (Å²) in [6.45, 7) is 5.42. The molecule has 6 nitrogen and oxygen atoms in total. The number of ether oxygens (including phenoxy) is 3. The zero-order chi connectivity index (χ0) is 16.1. The summed E-state index contributed by atoms with van der Waals surface area (Å²) in [4.78, 5) is 34.1. The first-order valence-corrected chi connectivity index (χ1v) is 7.54. The molecule has 0 spiro atoms. The largest absolute Gasteiger partial charge is 0.462 e. The van der Waals surface area contributed by atoms with Crippen LogP contribution in [-0.4, -0.2) is 37.2 Å². The second-order valence-corrected chi connectivity index (χ2v) is 4.73. The summed E-state index contributed by atoms with van der Waals surface area (Å²) in [6, 6.07) is 0. The third-order valence-corrected chi connectivity index (χ3v) is 2.52. The van der Waals surface area contributed by atoms with E-state index < -0.39 is 6.10 Å². The monoisotopic (exact) mass is 304 g/mol. The highest BCUT2D eigenvalue weighted by Gasteiger charge is 2.18. The van der Waals surface area contributed by atoms with Gasteiger partial charge in [-0.25, -0.2) is 0 Å². The van der Waals surface area contributed by atoms with Gasteiger partial charge in [0.1, 0.15) is 13.2 Å².